The Morgan fingerprint density at radius 2 is 1.96 bits per heavy atom. The Hall–Kier alpha value is -3.72. The first-order valence-electron chi connectivity index (χ1n) is 8.08. The van der Waals surface area contributed by atoms with Crippen LogP contribution >= 0.6 is 0 Å². The molecule has 0 aliphatic carbocycles. The molecule has 1 heterocycles. The third-order valence-corrected chi connectivity index (χ3v) is 3.69. The smallest absolute Gasteiger partial charge is 0.274 e. The highest BCUT2D eigenvalue weighted by molar-refractivity contribution is 6.02. The zero-order chi connectivity index (χ0) is 18.4. The summed E-state index contributed by atoms with van der Waals surface area (Å²) in [5.41, 5.74) is 3.69. The van der Waals surface area contributed by atoms with Crippen molar-refractivity contribution in [2.24, 2.45) is 0 Å². The predicted octanol–water partition coefficient (Wildman–Crippen LogP) is 3.52. The molecule has 26 heavy (non-hydrogen) atoms. The summed E-state index contributed by atoms with van der Waals surface area (Å²) in [6.07, 6.45) is 1.54. The average Bonchev–Trinajstić information content (AvgIpc) is 2.67. The Bertz CT molecular complexity index is 960. The zero-order valence-corrected chi connectivity index (χ0v) is 14.2. The van der Waals surface area contributed by atoms with Crippen molar-refractivity contribution in [3.8, 4) is 6.07 Å². The average molecular weight is 343 g/mol. The molecule has 3 aromatic rings. The van der Waals surface area contributed by atoms with Gasteiger partial charge in [-0.1, -0.05) is 29.8 Å². The minimum atomic E-state index is -0.337. The number of benzene rings is 2. The van der Waals surface area contributed by atoms with Gasteiger partial charge < -0.3 is 10.6 Å². The fourth-order valence-corrected chi connectivity index (χ4v) is 2.40. The maximum absolute atomic E-state index is 12.3. The second-order valence-electron chi connectivity index (χ2n) is 5.75. The van der Waals surface area contributed by atoms with Crippen LogP contribution in [0, 0.1) is 18.3 Å². The molecule has 0 radical (unpaired) electrons. The molecule has 0 bridgehead atoms. The topological polar surface area (TPSA) is 90.7 Å². The fraction of sp³-hybridized carbons (Fsp3) is 0.100. The molecule has 0 fully saturated rings. The van der Waals surface area contributed by atoms with E-state index in [1.165, 1.54) is 5.56 Å². The number of amides is 1. The third-order valence-electron chi connectivity index (χ3n) is 3.69. The van der Waals surface area contributed by atoms with E-state index in [-0.39, 0.29) is 11.6 Å². The van der Waals surface area contributed by atoms with Crippen LogP contribution in [-0.2, 0) is 6.54 Å². The van der Waals surface area contributed by atoms with Crippen LogP contribution in [-0.4, -0.2) is 15.9 Å². The molecule has 0 saturated heterocycles. The number of nitrogens with zero attached hydrogens (tertiary/aromatic N) is 3. The molecular formula is C20H17N5O. The SMILES string of the molecule is Cc1cccc(CNc2nccc(C(=O)Nc3ccc(C#N)cc3)n2)c1. The van der Waals surface area contributed by atoms with E-state index in [0.29, 0.717) is 23.7 Å². The Balaban J connectivity index is 1.65. The van der Waals surface area contributed by atoms with Crippen LogP contribution < -0.4 is 10.6 Å². The maximum atomic E-state index is 12.3. The Labute approximate surface area is 151 Å². The van der Waals surface area contributed by atoms with Gasteiger partial charge in [-0.15, -0.1) is 0 Å². The first kappa shape index (κ1) is 17.1. The number of hydrogen-bond donors (Lipinski definition) is 2. The van der Waals surface area contributed by atoms with Crippen molar-refractivity contribution in [3.05, 3.63) is 83.2 Å². The monoisotopic (exact) mass is 343 g/mol. The predicted molar refractivity (Wildman–Crippen MR) is 99.6 cm³/mol. The number of aryl methyl sites for hydroxylation is 1. The highest BCUT2D eigenvalue weighted by Gasteiger charge is 2.09. The summed E-state index contributed by atoms with van der Waals surface area (Å²) >= 11 is 0. The van der Waals surface area contributed by atoms with Crippen molar-refractivity contribution in [3.63, 3.8) is 0 Å². The molecule has 0 aliphatic rings. The molecule has 1 amide bonds. The highest BCUT2D eigenvalue weighted by atomic mass is 16.1. The van der Waals surface area contributed by atoms with Crippen LogP contribution in [0.3, 0.4) is 0 Å². The molecular weight excluding hydrogens is 326 g/mol. The van der Waals surface area contributed by atoms with E-state index in [4.69, 9.17) is 5.26 Å². The van der Waals surface area contributed by atoms with E-state index in [0.717, 1.165) is 5.56 Å². The molecule has 6 heteroatoms. The Kier molecular flexibility index (Phi) is 5.20. The van der Waals surface area contributed by atoms with Gasteiger partial charge in [0.2, 0.25) is 5.95 Å². The summed E-state index contributed by atoms with van der Waals surface area (Å²) in [6, 6.07) is 18.3. The fourth-order valence-electron chi connectivity index (χ4n) is 2.40. The van der Waals surface area contributed by atoms with Crippen molar-refractivity contribution in [1.82, 2.24) is 9.97 Å². The quantitative estimate of drug-likeness (QED) is 0.739. The van der Waals surface area contributed by atoms with Gasteiger partial charge in [-0.2, -0.15) is 5.26 Å². The van der Waals surface area contributed by atoms with Gasteiger partial charge in [-0.25, -0.2) is 9.97 Å². The largest absolute Gasteiger partial charge is 0.350 e. The van der Waals surface area contributed by atoms with Crippen molar-refractivity contribution >= 4 is 17.5 Å². The Morgan fingerprint density at radius 1 is 1.15 bits per heavy atom. The number of carbonyl (C=O) groups is 1. The summed E-state index contributed by atoms with van der Waals surface area (Å²) in [7, 11) is 0. The number of nitrogens with one attached hydrogen (secondary N) is 2. The van der Waals surface area contributed by atoms with Crippen LogP contribution in [0.25, 0.3) is 0 Å². The second kappa shape index (κ2) is 7.90. The van der Waals surface area contributed by atoms with Crippen LogP contribution in [0.5, 0.6) is 0 Å². The first-order chi connectivity index (χ1) is 12.6. The summed E-state index contributed by atoms with van der Waals surface area (Å²) in [4.78, 5) is 20.7. The number of rotatable bonds is 5. The molecule has 2 aromatic carbocycles. The first-order valence-corrected chi connectivity index (χ1v) is 8.08. The summed E-state index contributed by atoms with van der Waals surface area (Å²) in [5.74, 6) is 0.0506. The van der Waals surface area contributed by atoms with E-state index < -0.39 is 0 Å². The second-order valence-corrected chi connectivity index (χ2v) is 5.75. The lowest BCUT2D eigenvalue weighted by molar-refractivity contribution is 0.102. The zero-order valence-electron chi connectivity index (χ0n) is 14.2. The molecule has 2 N–H and O–H groups in total. The van der Waals surface area contributed by atoms with Gasteiger partial charge in [0.25, 0.3) is 5.91 Å². The third kappa shape index (κ3) is 4.42. The molecule has 128 valence electrons. The molecule has 0 spiro atoms. The van der Waals surface area contributed by atoms with E-state index in [9.17, 15) is 4.79 Å². The molecule has 1 aromatic heterocycles. The summed E-state index contributed by atoms with van der Waals surface area (Å²) < 4.78 is 0. The minimum Gasteiger partial charge on any atom is -0.350 e. The van der Waals surface area contributed by atoms with Gasteiger partial charge in [0.1, 0.15) is 5.69 Å². The molecule has 0 unspecified atom stereocenters. The van der Waals surface area contributed by atoms with Crippen molar-refractivity contribution < 1.29 is 4.79 Å². The normalized spacial score (nSPS) is 10.0. The van der Waals surface area contributed by atoms with Gasteiger partial charge in [0.15, 0.2) is 0 Å². The van der Waals surface area contributed by atoms with Gasteiger partial charge >= 0.3 is 0 Å². The summed E-state index contributed by atoms with van der Waals surface area (Å²) in [6.45, 7) is 2.61. The number of hydrogen-bond acceptors (Lipinski definition) is 5. The van der Waals surface area contributed by atoms with Gasteiger partial charge in [0, 0.05) is 18.4 Å². The van der Waals surface area contributed by atoms with Crippen molar-refractivity contribution in [2.45, 2.75) is 13.5 Å². The van der Waals surface area contributed by atoms with Crippen LogP contribution in [0.1, 0.15) is 27.2 Å². The van der Waals surface area contributed by atoms with Gasteiger partial charge in [-0.3, -0.25) is 4.79 Å². The lowest BCUT2D eigenvalue weighted by Gasteiger charge is -2.08. The van der Waals surface area contributed by atoms with Crippen LogP contribution in [0.15, 0.2) is 60.8 Å². The lowest BCUT2D eigenvalue weighted by atomic mass is 10.1. The molecule has 0 atom stereocenters. The number of aromatic nitrogens is 2. The van der Waals surface area contributed by atoms with Gasteiger partial charge in [-0.05, 0) is 42.8 Å². The van der Waals surface area contributed by atoms with E-state index in [1.54, 1.807) is 36.5 Å². The summed E-state index contributed by atoms with van der Waals surface area (Å²) in [5, 5.41) is 14.7. The van der Waals surface area contributed by atoms with Crippen LogP contribution in [0.4, 0.5) is 11.6 Å². The highest BCUT2D eigenvalue weighted by Crippen LogP contribution is 2.11. The standard InChI is InChI=1S/C20H17N5O/c1-14-3-2-4-16(11-14)13-23-20-22-10-9-18(25-20)19(26)24-17-7-5-15(12-21)6-8-17/h2-11H,13H2,1H3,(H,24,26)(H,22,23,25). The van der Waals surface area contributed by atoms with Crippen molar-refractivity contribution in [1.29, 1.82) is 5.26 Å². The maximum Gasteiger partial charge on any atom is 0.274 e. The van der Waals surface area contributed by atoms with Crippen molar-refractivity contribution in [2.75, 3.05) is 10.6 Å². The molecule has 3 rings (SSSR count). The number of carbonyl (C=O) groups excluding carboxylic acids is 1. The molecule has 6 nitrogen and oxygen atoms in total. The Morgan fingerprint density at radius 3 is 2.69 bits per heavy atom. The molecule has 0 aliphatic heterocycles. The lowest BCUT2D eigenvalue weighted by Crippen LogP contribution is -2.15. The van der Waals surface area contributed by atoms with E-state index >= 15 is 0 Å². The number of nitriles is 1. The number of anilines is 2. The van der Waals surface area contributed by atoms with E-state index in [2.05, 4.69) is 26.7 Å². The van der Waals surface area contributed by atoms with Crippen LogP contribution in [0.2, 0.25) is 0 Å². The van der Waals surface area contributed by atoms with Gasteiger partial charge in [0.05, 0.1) is 11.6 Å². The van der Waals surface area contributed by atoms with E-state index in [1.807, 2.05) is 31.2 Å². The minimum absolute atomic E-state index is 0.260. The molecule has 0 saturated carbocycles.